The molecule has 8 heterocycles. The number of aromatic nitrogens is 8. The lowest BCUT2D eigenvalue weighted by molar-refractivity contribution is 1.01. The summed E-state index contributed by atoms with van der Waals surface area (Å²) >= 11 is 3.71. The summed E-state index contributed by atoms with van der Waals surface area (Å²) in [5.74, 6) is 1.14. The lowest BCUT2D eigenvalue weighted by Crippen LogP contribution is -2.04. The average molecular weight is 1260 g/mol. The van der Waals surface area contributed by atoms with Crippen molar-refractivity contribution in [2.75, 3.05) is 0 Å². The highest BCUT2D eigenvalue weighted by molar-refractivity contribution is 7.27. The number of para-hydroxylation sites is 2. The smallest absolute Gasteiger partial charge is 0.237 e. The van der Waals surface area contributed by atoms with E-state index < -0.39 is 0 Å². The fourth-order valence-electron chi connectivity index (χ4n) is 15.4. The lowest BCUT2D eigenvalue weighted by atomic mass is 9.92. The van der Waals surface area contributed by atoms with Crippen LogP contribution in [0.3, 0.4) is 0 Å². The summed E-state index contributed by atoms with van der Waals surface area (Å²) in [5, 5.41) is 18.3. The predicted octanol–water partition coefficient (Wildman–Crippen LogP) is 23.1. The molecular formula is C86H48N8S2. The van der Waals surface area contributed by atoms with Crippen LogP contribution in [0.25, 0.3) is 206 Å². The molecule has 21 rings (SSSR count). The van der Waals surface area contributed by atoms with Gasteiger partial charge in [-0.25, -0.2) is 19.9 Å². The molecule has 13 aromatic carbocycles. The summed E-state index contributed by atoms with van der Waals surface area (Å²) in [7, 11) is 0. The van der Waals surface area contributed by atoms with Crippen LogP contribution in [0.5, 0.6) is 0 Å². The Morgan fingerprint density at radius 3 is 1.42 bits per heavy atom. The summed E-state index contributed by atoms with van der Waals surface area (Å²) in [6, 6.07) is 101. The van der Waals surface area contributed by atoms with E-state index in [2.05, 4.69) is 276 Å². The monoisotopic (exact) mass is 1260 g/mol. The Kier molecular flexibility index (Phi) is 11.4. The second kappa shape index (κ2) is 20.6. The lowest BCUT2D eigenvalue weighted by Gasteiger charge is -2.15. The Labute approximate surface area is 555 Å². The average Bonchev–Trinajstić information content (AvgIpc) is 1.54. The number of hydrogen-bond donors (Lipinski definition) is 0. The molecule has 0 spiro atoms. The molecule has 10 heteroatoms. The van der Waals surface area contributed by atoms with Gasteiger partial charge in [0.15, 0.2) is 11.3 Å². The molecule has 0 aliphatic heterocycles. The van der Waals surface area contributed by atoms with Crippen molar-refractivity contribution in [3.05, 3.63) is 291 Å². The highest BCUT2D eigenvalue weighted by atomic mass is 32.1. The van der Waals surface area contributed by atoms with Crippen molar-refractivity contribution < 1.29 is 0 Å². The first-order valence-corrected chi connectivity index (χ1v) is 33.9. The molecule has 0 saturated carbocycles. The standard InChI is InChI=1S/C86H48N8S2/c1-2-20-49(21-3-1)55-46-56(48-57(47-55)77-68-36-19-43-88-84(68)92-86(90-77)93-69-37-13-10-30-63(69)72-59-26-6-8-28-61(59)81-74(78(72)93)65-32-12-15-39-71(65)95-81)52-24-16-25-53(44-52)58-33-17-34-66-75-79-73(60-27-7-9-29-62(60)82(75)96-80(58)66)64-31-11-14-38-70(64)94(79)85-89-76(67-35-18-42-87-83(67)91-85)54-41-40-50-22-4-5-23-51(50)45-54/h1-48H. The molecule has 0 fully saturated rings. The van der Waals surface area contributed by atoms with E-state index in [4.69, 9.17) is 29.9 Å². The third kappa shape index (κ3) is 7.82. The van der Waals surface area contributed by atoms with Crippen LogP contribution in [0.4, 0.5) is 0 Å². The fraction of sp³-hybridized carbons (Fsp3) is 0. The summed E-state index contributed by atoms with van der Waals surface area (Å²) in [5.41, 5.74) is 15.7. The first-order valence-electron chi connectivity index (χ1n) is 32.2. The maximum absolute atomic E-state index is 5.78. The van der Waals surface area contributed by atoms with E-state index in [1.54, 1.807) is 0 Å². The zero-order valence-corrected chi connectivity index (χ0v) is 52.7. The molecule has 21 aromatic rings. The Bertz CT molecular complexity index is 6920. The Morgan fingerprint density at radius 2 is 0.740 bits per heavy atom. The minimum atomic E-state index is 0.567. The highest BCUT2D eigenvalue weighted by Crippen LogP contribution is 2.52. The summed E-state index contributed by atoms with van der Waals surface area (Å²) in [6.07, 6.45) is 3.67. The van der Waals surface area contributed by atoms with Crippen LogP contribution in [0.2, 0.25) is 0 Å². The van der Waals surface area contributed by atoms with Gasteiger partial charge in [0.05, 0.1) is 33.5 Å². The number of benzene rings is 13. The molecule has 0 bridgehead atoms. The van der Waals surface area contributed by atoms with Crippen molar-refractivity contribution in [1.29, 1.82) is 0 Å². The Morgan fingerprint density at radius 1 is 0.260 bits per heavy atom. The number of hydrogen-bond acceptors (Lipinski definition) is 8. The predicted molar refractivity (Wildman–Crippen MR) is 402 cm³/mol. The van der Waals surface area contributed by atoms with Crippen LogP contribution >= 0.6 is 22.7 Å². The minimum Gasteiger partial charge on any atom is -0.277 e. The quantitative estimate of drug-likeness (QED) is 0.158. The molecule has 8 aromatic heterocycles. The van der Waals surface area contributed by atoms with Crippen LogP contribution in [-0.2, 0) is 0 Å². The van der Waals surface area contributed by atoms with Gasteiger partial charge in [-0.1, -0.05) is 206 Å². The first-order chi connectivity index (χ1) is 47.6. The van der Waals surface area contributed by atoms with Crippen LogP contribution in [-0.4, -0.2) is 39.0 Å². The highest BCUT2D eigenvalue weighted by Gasteiger charge is 2.28. The van der Waals surface area contributed by atoms with Gasteiger partial charge >= 0.3 is 0 Å². The van der Waals surface area contributed by atoms with E-state index in [0.717, 1.165) is 105 Å². The van der Waals surface area contributed by atoms with Gasteiger partial charge in [0.25, 0.3) is 0 Å². The normalized spacial score (nSPS) is 12.2. The zero-order chi connectivity index (χ0) is 62.7. The van der Waals surface area contributed by atoms with E-state index in [-0.39, 0.29) is 0 Å². The first kappa shape index (κ1) is 53.2. The molecule has 0 amide bonds. The molecule has 0 radical (unpaired) electrons. The SMILES string of the molecule is c1ccc(-c2cc(-c3cccc(-c4cccc5c4sc4c6ccccc6c6c7ccccc7n(-c7nc(-c8ccc9ccccc9c8)c8cccnc8n7)c6c54)c3)cc(-c3nc(-n4c5ccccc5c5c6ccccc6c6sc7ccccc7c6c54)nc4ncccc34)c2)cc1. The molecule has 0 atom stereocenters. The summed E-state index contributed by atoms with van der Waals surface area (Å²) in [4.78, 5) is 32.2. The van der Waals surface area contributed by atoms with Gasteiger partial charge in [-0.2, -0.15) is 9.97 Å². The number of fused-ring (bicyclic) bond motifs is 23. The molecule has 0 N–H and O–H groups in total. The van der Waals surface area contributed by atoms with Gasteiger partial charge in [-0.3, -0.25) is 9.13 Å². The van der Waals surface area contributed by atoms with E-state index in [9.17, 15) is 0 Å². The van der Waals surface area contributed by atoms with Crippen molar-refractivity contribution >= 4 is 161 Å². The maximum Gasteiger partial charge on any atom is 0.237 e. The van der Waals surface area contributed by atoms with Gasteiger partial charge in [-0.05, 0) is 128 Å². The molecule has 96 heavy (non-hydrogen) atoms. The van der Waals surface area contributed by atoms with Gasteiger partial charge in [-0.15, -0.1) is 22.7 Å². The maximum atomic E-state index is 5.78. The Balaban J connectivity index is 0.774. The van der Waals surface area contributed by atoms with Crippen LogP contribution in [0.1, 0.15) is 0 Å². The molecule has 8 nitrogen and oxygen atoms in total. The Hall–Kier alpha value is -12.3. The molecule has 0 aliphatic carbocycles. The van der Waals surface area contributed by atoms with E-state index in [0.29, 0.717) is 23.2 Å². The van der Waals surface area contributed by atoms with Crippen molar-refractivity contribution in [3.8, 4) is 67.8 Å². The van der Waals surface area contributed by atoms with E-state index in [1.807, 2.05) is 47.2 Å². The van der Waals surface area contributed by atoms with Gasteiger partial charge in [0.1, 0.15) is 0 Å². The number of thiophene rings is 2. The molecule has 444 valence electrons. The fourth-order valence-corrected chi connectivity index (χ4v) is 18.0. The zero-order valence-electron chi connectivity index (χ0n) is 51.1. The largest absolute Gasteiger partial charge is 0.277 e. The van der Waals surface area contributed by atoms with Crippen molar-refractivity contribution in [3.63, 3.8) is 0 Å². The van der Waals surface area contributed by atoms with Gasteiger partial charge in [0, 0.05) is 107 Å². The van der Waals surface area contributed by atoms with Crippen LogP contribution in [0.15, 0.2) is 291 Å². The number of pyridine rings is 2. The van der Waals surface area contributed by atoms with E-state index in [1.165, 1.54) is 78.0 Å². The third-order valence-corrected chi connectivity index (χ3v) is 22.1. The molecular weight excluding hydrogens is 1210 g/mol. The number of nitrogens with zero attached hydrogens (tertiary/aromatic N) is 8. The number of rotatable bonds is 7. The van der Waals surface area contributed by atoms with Crippen LogP contribution < -0.4 is 0 Å². The van der Waals surface area contributed by atoms with Crippen molar-refractivity contribution in [2.45, 2.75) is 0 Å². The second-order valence-electron chi connectivity index (χ2n) is 24.8. The van der Waals surface area contributed by atoms with Gasteiger partial charge < -0.3 is 0 Å². The van der Waals surface area contributed by atoms with E-state index >= 15 is 0 Å². The second-order valence-corrected chi connectivity index (χ2v) is 26.9. The van der Waals surface area contributed by atoms with Crippen molar-refractivity contribution in [2.24, 2.45) is 0 Å². The molecule has 0 saturated heterocycles. The molecule has 0 unspecified atom stereocenters. The topological polar surface area (TPSA) is 87.2 Å². The third-order valence-electron chi connectivity index (χ3n) is 19.6. The summed E-state index contributed by atoms with van der Waals surface area (Å²) < 4.78 is 9.52. The van der Waals surface area contributed by atoms with Crippen molar-refractivity contribution in [1.82, 2.24) is 39.0 Å². The summed E-state index contributed by atoms with van der Waals surface area (Å²) in [6.45, 7) is 0. The van der Waals surface area contributed by atoms with Crippen LogP contribution in [0, 0.1) is 0 Å². The molecule has 0 aliphatic rings. The van der Waals surface area contributed by atoms with Gasteiger partial charge in [0.2, 0.25) is 11.9 Å². The minimum absolute atomic E-state index is 0.567.